The number of fused-ring (bicyclic) bond motifs is 2. The number of imidazole rings is 1. The van der Waals surface area contributed by atoms with E-state index < -0.39 is 30.4 Å². The zero-order valence-electron chi connectivity index (χ0n) is 14.8. The van der Waals surface area contributed by atoms with Crippen LogP contribution >= 0.6 is 22.6 Å². The van der Waals surface area contributed by atoms with Gasteiger partial charge in [0.05, 0.1) is 29.2 Å². The Morgan fingerprint density at radius 1 is 0.968 bits per heavy atom. The van der Waals surface area contributed by atoms with Crippen molar-refractivity contribution in [1.82, 2.24) is 24.1 Å². The van der Waals surface area contributed by atoms with Crippen molar-refractivity contribution in [2.75, 3.05) is 0 Å². The summed E-state index contributed by atoms with van der Waals surface area (Å²) in [6, 6.07) is 3.11. The third-order valence-corrected chi connectivity index (χ3v) is 5.46. The first-order chi connectivity index (χ1) is 14.3. The molecule has 0 aliphatic rings. The SMILES string of the molecule is FC(F)(F)c1ccn2c(I)c(-c3cc4cnn(CC(F)(F)C(F)(F)F)c4cn3)nc2c1. The third kappa shape index (κ3) is 3.80. The number of pyridine rings is 2. The van der Waals surface area contributed by atoms with E-state index in [1.54, 1.807) is 0 Å². The summed E-state index contributed by atoms with van der Waals surface area (Å²) < 4.78 is 105. The summed E-state index contributed by atoms with van der Waals surface area (Å²) in [7, 11) is 0. The molecule has 4 aromatic rings. The molecule has 4 aromatic heterocycles. The van der Waals surface area contributed by atoms with Gasteiger partial charge in [0, 0.05) is 11.6 Å². The van der Waals surface area contributed by atoms with Gasteiger partial charge in [0.2, 0.25) is 0 Å². The quantitative estimate of drug-likeness (QED) is 0.243. The van der Waals surface area contributed by atoms with Crippen LogP contribution in [0.3, 0.4) is 0 Å². The van der Waals surface area contributed by atoms with Crippen LogP contribution in [0.4, 0.5) is 35.1 Å². The number of halogens is 9. The number of rotatable bonds is 3. The second kappa shape index (κ2) is 7.00. The van der Waals surface area contributed by atoms with Crippen LogP contribution in [0.1, 0.15) is 5.56 Å². The number of hydrogen-bond donors (Lipinski definition) is 0. The van der Waals surface area contributed by atoms with E-state index in [1.165, 1.54) is 16.7 Å². The molecule has 0 aliphatic heterocycles. The van der Waals surface area contributed by atoms with E-state index in [2.05, 4.69) is 15.1 Å². The molecule has 0 aliphatic carbocycles. The topological polar surface area (TPSA) is 48.0 Å². The van der Waals surface area contributed by atoms with Crippen LogP contribution in [-0.4, -0.2) is 36.2 Å². The van der Waals surface area contributed by atoms with Gasteiger partial charge in [0.15, 0.2) is 0 Å². The van der Waals surface area contributed by atoms with Crippen LogP contribution in [-0.2, 0) is 12.7 Å². The minimum atomic E-state index is -5.74. The average Bonchev–Trinajstić information content (AvgIpc) is 3.20. The predicted octanol–water partition coefficient (Wildman–Crippen LogP) is 5.57. The van der Waals surface area contributed by atoms with Crippen LogP contribution in [0, 0.1) is 3.70 Å². The average molecular weight is 561 g/mol. The van der Waals surface area contributed by atoms with E-state index in [0.717, 1.165) is 24.5 Å². The molecule has 0 bridgehead atoms. The highest BCUT2D eigenvalue weighted by molar-refractivity contribution is 14.1. The molecule has 164 valence electrons. The zero-order valence-corrected chi connectivity index (χ0v) is 17.0. The molecule has 14 heteroatoms. The Morgan fingerprint density at radius 2 is 1.68 bits per heavy atom. The van der Waals surface area contributed by atoms with Crippen molar-refractivity contribution in [2.24, 2.45) is 0 Å². The zero-order chi connectivity index (χ0) is 22.8. The summed E-state index contributed by atoms with van der Waals surface area (Å²) in [5.74, 6) is -4.99. The molecule has 5 nitrogen and oxygen atoms in total. The summed E-state index contributed by atoms with van der Waals surface area (Å²) in [5, 5.41) is 3.79. The van der Waals surface area contributed by atoms with Gasteiger partial charge in [-0.25, -0.2) is 4.98 Å². The molecule has 0 spiro atoms. The lowest BCUT2D eigenvalue weighted by molar-refractivity contribution is -0.287. The van der Waals surface area contributed by atoms with E-state index in [4.69, 9.17) is 0 Å². The lowest BCUT2D eigenvalue weighted by Crippen LogP contribution is -2.40. The molecule has 0 amide bonds. The van der Waals surface area contributed by atoms with Gasteiger partial charge in [-0.1, -0.05) is 0 Å². The van der Waals surface area contributed by atoms with Crippen molar-refractivity contribution in [3.8, 4) is 11.4 Å². The minimum Gasteiger partial charge on any atom is -0.294 e. The van der Waals surface area contributed by atoms with Gasteiger partial charge in [-0.2, -0.15) is 40.2 Å². The van der Waals surface area contributed by atoms with Crippen molar-refractivity contribution >= 4 is 39.1 Å². The summed E-state index contributed by atoms with van der Waals surface area (Å²) >= 11 is 1.86. The molecule has 31 heavy (non-hydrogen) atoms. The van der Waals surface area contributed by atoms with Crippen molar-refractivity contribution in [1.29, 1.82) is 0 Å². The molecule has 4 rings (SSSR count). The molecule has 0 unspecified atom stereocenters. The van der Waals surface area contributed by atoms with Crippen molar-refractivity contribution in [2.45, 2.75) is 24.8 Å². The fourth-order valence-corrected chi connectivity index (χ4v) is 3.67. The van der Waals surface area contributed by atoms with E-state index >= 15 is 0 Å². The molecular formula is C17H8F8IN5. The fourth-order valence-electron chi connectivity index (χ4n) is 2.86. The Kier molecular flexibility index (Phi) is 4.90. The van der Waals surface area contributed by atoms with Gasteiger partial charge in [-0.05, 0) is 40.8 Å². The first-order valence-corrected chi connectivity index (χ1v) is 9.37. The van der Waals surface area contributed by atoms with Gasteiger partial charge in [0.1, 0.15) is 21.6 Å². The van der Waals surface area contributed by atoms with E-state index in [9.17, 15) is 35.1 Å². The number of nitrogens with zero attached hydrogens (tertiary/aromatic N) is 5. The molecule has 0 saturated heterocycles. The maximum absolute atomic E-state index is 13.4. The summed E-state index contributed by atoms with van der Waals surface area (Å²) in [6.07, 6.45) is -6.93. The second-order valence-electron chi connectivity index (χ2n) is 6.53. The molecule has 0 saturated carbocycles. The molecule has 0 radical (unpaired) electrons. The van der Waals surface area contributed by atoms with Crippen LogP contribution in [0.2, 0.25) is 0 Å². The maximum Gasteiger partial charge on any atom is 0.455 e. The summed E-state index contributed by atoms with van der Waals surface area (Å²) in [6.45, 7) is -1.72. The predicted molar refractivity (Wildman–Crippen MR) is 100 cm³/mol. The first kappa shape index (κ1) is 21.7. The largest absolute Gasteiger partial charge is 0.455 e. The van der Waals surface area contributed by atoms with Gasteiger partial charge < -0.3 is 0 Å². The van der Waals surface area contributed by atoms with Gasteiger partial charge in [-0.3, -0.25) is 14.1 Å². The summed E-state index contributed by atoms with van der Waals surface area (Å²) in [4.78, 5) is 8.20. The highest BCUT2D eigenvalue weighted by atomic mass is 127. The Hall–Kier alpha value is -2.52. The van der Waals surface area contributed by atoms with Crippen LogP contribution in [0.5, 0.6) is 0 Å². The van der Waals surface area contributed by atoms with Crippen molar-refractivity contribution < 1.29 is 35.1 Å². The first-order valence-electron chi connectivity index (χ1n) is 8.29. The smallest absolute Gasteiger partial charge is 0.294 e. The Labute approximate surface area is 180 Å². The van der Waals surface area contributed by atoms with Crippen molar-refractivity contribution in [3.05, 3.63) is 46.1 Å². The maximum atomic E-state index is 13.4. The van der Waals surface area contributed by atoms with Gasteiger partial charge >= 0.3 is 18.3 Å². The molecule has 0 aromatic carbocycles. The number of aromatic nitrogens is 5. The molecule has 0 atom stereocenters. The van der Waals surface area contributed by atoms with Gasteiger partial charge in [0.25, 0.3) is 0 Å². The van der Waals surface area contributed by atoms with Gasteiger partial charge in [-0.15, -0.1) is 0 Å². The van der Waals surface area contributed by atoms with Crippen LogP contribution in [0.25, 0.3) is 27.9 Å². The minimum absolute atomic E-state index is 0.0108. The third-order valence-electron chi connectivity index (χ3n) is 4.43. The fraction of sp³-hybridized carbons (Fsp3) is 0.235. The van der Waals surface area contributed by atoms with Crippen LogP contribution < -0.4 is 0 Å². The summed E-state index contributed by atoms with van der Waals surface area (Å²) in [5.41, 5.74) is -0.530. The Morgan fingerprint density at radius 3 is 2.32 bits per heavy atom. The number of alkyl halides is 8. The monoisotopic (exact) mass is 561 g/mol. The highest BCUT2D eigenvalue weighted by Gasteiger charge is 2.57. The molecule has 4 heterocycles. The van der Waals surface area contributed by atoms with E-state index in [-0.39, 0.29) is 27.9 Å². The highest BCUT2D eigenvalue weighted by Crippen LogP contribution is 2.37. The van der Waals surface area contributed by atoms with E-state index in [0.29, 0.717) is 8.38 Å². The van der Waals surface area contributed by atoms with Crippen LogP contribution in [0.15, 0.2) is 36.8 Å². The Bertz CT molecular complexity index is 1290. The lowest BCUT2D eigenvalue weighted by atomic mass is 10.2. The second-order valence-corrected chi connectivity index (χ2v) is 7.55. The normalized spacial score (nSPS) is 13.5. The lowest BCUT2D eigenvalue weighted by Gasteiger charge is -2.19. The Balaban J connectivity index is 1.74. The standard InChI is InChI=1S/C17H8F8IN5/c18-15(19,17(23,24)25)7-31-11-6-27-10(3-8(11)5-28-31)13-14(26)30-2-1-9(16(20,21)22)4-12(30)29-13/h1-6H,7H2. The van der Waals surface area contributed by atoms with E-state index in [1.807, 2.05) is 22.6 Å². The number of hydrogen-bond acceptors (Lipinski definition) is 3. The van der Waals surface area contributed by atoms with Crippen molar-refractivity contribution in [3.63, 3.8) is 0 Å². The molecular weight excluding hydrogens is 553 g/mol. The molecule has 0 fully saturated rings. The molecule has 0 N–H and O–H groups in total.